The molecular weight excluding hydrogens is 396 g/mol. The van der Waals surface area contributed by atoms with Crippen LogP contribution in [-0.4, -0.2) is 84.5 Å². The van der Waals surface area contributed by atoms with Gasteiger partial charge in [-0.1, -0.05) is 11.6 Å². The van der Waals surface area contributed by atoms with E-state index in [9.17, 15) is 9.59 Å². The Labute approximate surface area is 176 Å². The zero-order valence-corrected chi connectivity index (χ0v) is 17.5. The maximum Gasteiger partial charge on any atom is 0.321 e. The third-order valence-electron chi connectivity index (χ3n) is 5.16. The van der Waals surface area contributed by atoms with E-state index in [0.717, 1.165) is 44.6 Å². The van der Waals surface area contributed by atoms with Crippen molar-refractivity contribution in [1.82, 2.24) is 14.7 Å². The Hall–Kier alpha value is -2.32. The van der Waals surface area contributed by atoms with Gasteiger partial charge in [0.1, 0.15) is 0 Å². The molecule has 0 radical (unpaired) electrons. The molecule has 160 valence electrons. The number of carbonyl (C=O) groups excluding carboxylic acids is 2. The molecule has 2 N–H and O–H groups in total. The molecule has 29 heavy (non-hydrogen) atoms. The highest BCUT2D eigenvalue weighted by molar-refractivity contribution is 6.30. The van der Waals surface area contributed by atoms with Gasteiger partial charge in [-0.25, -0.2) is 4.79 Å². The second-order valence-corrected chi connectivity index (χ2v) is 7.75. The first-order valence-electron chi connectivity index (χ1n) is 9.81. The summed E-state index contributed by atoms with van der Waals surface area (Å²) in [6.07, 6.45) is 2.86. The molecule has 1 aromatic carbocycles. The summed E-state index contributed by atoms with van der Waals surface area (Å²) in [7, 11) is 2.07. The first-order chi connectivity index (χ1) is 13.9. The van der Waals surface area contributed by atoms with Gasteiger partial charge in [0, 0.05) is 43.4 Å². The lowest BCUT2D eigenvalue weighted by molar-refractivity contribution is -0.137. The van der Waals surface area contributed by atoms with Crippen LogP contribution in [-0.2, 0) is 9.59 Å². The number of hydrogen-bond donors (Lipinski definition) is 2. The van der Waals surface area contributed by atoms with E-state index in [4.69, 9.17) is 21.5 Å². The van der Waals surface area contributed by atoms with Crippen LogP contribution in [0.25, 0.3) is 0 Å². The summed E-state index contributed by atoms with van der Waals surface area (Å²) in [4.78, 5) is 39.6. The number of benzene rings is 1. The number of hydrogen-bond acceptors (Lipinski definition) is 4. The van der Waals surface area contributed by atoms with Crippen molar-refractivity contribution in [3.8, 4) is 0 Å². The Kier molecular flexibility index (Phi) is 9.21. The SMILES string of the molecule is CN1CCCC(C(=O)N2CCCN(C(=O)Nc3ccc(Cl)cc3)CC2)C1.O=CO. The van der Waals surface area contributed by atoms with Crippen molar-refractivity contribution in [1.29, 1.82) is 0 Å². The maximum atomic E-state index is 12.8. The summed E-state index contributed by atoms with van der Waals surface area (Å²) >= 11 is 5.87. The van der Waals surface area contributed by atoms with E-state index < -0.39 is 0 Å². The highest BCUT2D eigenvalue weighted by Gasteiger charge is 2.29. The van der Waals surface area contributed by atoms with Gasteiger partial charge in [-0.3, -0.25) is 9.59 Å². The predicted octanol–water partition coefficient (Wildman–Crippen LogP) is 2.45. The molecular formula is C20H29ClN4O4. The number of nitrogens with zero attached hydrogens (tertiary/aromatic N) is 3. The maximum absolute atomic E-state index is 12.8. The molecule has 2 fully saturated rings. The first-order valence-corrected chi connectivity index (χ1v) is 10.2. The topological polar surface area (TPSA) is 93.2 Å². The smallest absolute Gasteiger partial charge is 0.321 e. The van der Waals surface area contributed by atoms with Gasteiger partial charge in [-0.05, 0) is 57.1 Å². The van der Waals surface area contributed by atoms with Crippen LogP contribution in [0.5, 0.6) is 0 Å². The van der Waals surface area contributed by atoms with Gasteiger partial charge in [0.15, 0.2) is 0 Å². The van der Waals surface area contributed by atoms with Crippen molar-refractivity contribution in [3.63, 3.8) is 0 Å². The van der Waals surface area contributed by atoms with Crippen molar-refractivity contribution in [2.75, 3.05) is 51.6 Å². The van der Waals surface area contributed by atoms with E-state index in [-0.39, 0.29) is 24.3 Å². The van der Waals surface area contributed by atoms with E-state index in [1.54, 1.807) is 29.2 Å². The van der Waals surface area contributed by atoms with Crippen LogP contribution >= 0.6 is 11.6 Å². The Balaban J connectivity index is 0.000000941. The van der Waals surface area contributed by atoms with Gasteiger partial charge >= 0.3 is 6.03 Å². The number of likely N-dealkylation sites (tertiary alicyclic amines) is 1. The second-order valence-electron chi connectivity index (χ2n) is 7.31. The number of piperidine rings is 1. The number of carbonyl (C=O) groups is 3. The minimum Gasteiger partial charge on any atom is -0.483 e. The number of anilines is 1. The fourth-order valence-electron chi connectivity index (χ4n) is 3.70. The number of urea groups is 1. The third kappa shape index (κ3) is 7.21. The molecule has 8 nitrogen and oxygen atoms in total. The van der Waals surface area contributed by atoms with Crippen LogP contribution < -0.4 is 5.32 Å². The fourth-order valence-corrected chi connectivity index (χ4v) is 3.83. The number of halogens is 1. The number of nitrogens with one attached hydrogen (secondary N) is 1. The predicted molar refractivity (Wildman–Crippen MR) is 112 cm³/mol. The van der Waals surface area contributed by atoms with Gasteiger partial charge in [0.05, 0.1) is 5.92 Å². The van der Waals surface area contributed by atoms with Crippen LogP contribution in [0, 0.1) is 5.92 Å². The molecule has 0 saturated carbocycles. The Morgan fingerprint density at radius 1 is 1.07 bits per heavy atom. The quantitative estimate of drug-likeness (QED) is 0.711. The zero-order chi connectivity index (χ0) is 21.2. The fraction of sp³-hybridized carbons (Fsp3) is 0.550. The van der Waals surface area contributed by atoms with Gasteiger partial charge < -0.3 is 25.1 Å². The highest BCUT2D eigenvalue weighted by atomic mass is 35.5. The molecule has 1 atom stereocenters. The van der Waals surface area contributed by atoms with Gasteiger partial charge in [0.2, 0.25) is 5.91 Å². The molecule has 2 aliphatic heterocycles. The molecule has 9 heteroatoms. The van der Waals surface area contributed by atoms with Gasteiger partial charge in [-0.15, -0.1) is 0 Å². The average Bonchev–Trinajstić information content (AvgIpc) is 2.96. The molecule has 3 rings (SSSR count). The molecule has 2 saturated heterocycles. The monoisotopic (exact) mass is 424 g/mol. The van der Waals surface area contributed by atoms with E-state index in [0.29, 0.717) is 24.7 Å². The lowest BCUT2D eigenvalue weighted by atomic mass is 9.97. The summed E-state index contributed by atoms with van der Waals surface area (Å²) in [5, 5.41) is 10.4. The van der Waals surface area contributed by atoms with Crippen LogP contribution in [0.4, 0.5) is 10.5 Å². The van der Waals surface area contributed by atoms with Crippen molar-refractivity contribution in [3.05, 3.63) is 29.3 Å². The molecule has 0 spiro atoms. The Bertz CT molecular complexity index is 686. The van der Waals surface area contributed by atoms with E-state index in [1.807, 2.05) is 4.90 Å². The van der Waals surface area contributed by atoms with Crippen LogP contribution in [0.15, 0.2) is 24.3 Å². The molecule has 2 heterocycles. The van der Waals surface area contributed by atoms with Crippen molar-refractivity contribution >= 4 is 35.7 Å². The molecule has 1 unspecified atom stereocenters. The lowest BCUT2D eigenvalue weighted by Gasteiger charge is -2.32. The molecule has 3 amide bonds. The van der Waals surface area contributed by atoms with Gasteiger partial charge in [-0.2, -0.15) is 0 Å². The number of carboxylic acid groups (broad SMARTS) is 1. The summed E-state index contributed by atoms with van der Waals surface area (Å²) in [6.45, 7) is 4.22. The van der Waals surface area contributed by atoms with Crippen LogP contribution in [0.3, 0.4) is 0 Å². The molecule has 0 bridgehead atoms. The normalized spacial score (nSPS) is 20.1. The zero-order valence-electron chi connectivity index (χ0n) is 16.7. The van der Waals surface area contributed by atoms with E-state index in [2.05, 4.69) is 17.3 Å². The van der Waals surface area contributed by atoms with E-state index >= 15 is 0 Å². The summed E-state index contributed by atoms with van der Waals surface area (Å²) in [6, 6.07) is 6.95. The van der Waals surface area contributed by atoms with Crippen molar-refractivity contribution in [2.45, 2.75) is 19.3 Å². The van der Waals surface area contributed by atoms with E-state index in [1.165, 1.54) is 0 Å². The Morgan fingerprint density at radius 3 is 2.34 bits per heavy atom. The van der Waals surface area contributed by atoms with Gasteiger partial charge in [0.25, 0.3) is 6.47 Å². The summed E-state index contributed by atoms with van der Waals surface area (Å²) in [5.74, 6) is 0.347. The minimum absolute atomic E-state index is 0.100. The number of rotatable bonds is 2. The molecule has 1 aromatic rings. The largest absolute Gasteiger partial charge is 0.483 e. The number of amides is 3. The standard InChI is InChI=1S/C19H27ClN4O2.CH2O2/c1-22-9-2-4-15(14-22)18(25)23-10-3-11-24(13-12-23)19(26)21-17-7-5-16(20)6-8-17;2-1-3/h5-8,15H,2-4,9-14H2,1H3,(H,21,26);1H,(H,2,3). The molecule has 0 aliphatic carbocycles. The van der Waals surface area contributed by atoms with Crippen LogP contribution in [0.1, 0.15) is 19.3 Å². The Morgan fingerprint density at radius 2 is 1.69 bits per heavy atom. The average molecular weight is 425 g/mol. The summed E-state index contributed by atoms with van der Waals surface area (Å²) in [5.41, 5.74) is 0.724. The molecule has 2 aliphatic rings. The lowest BCUT2D eigenvalue weighted by Crippen LogP contribution is -2.45. The molecule has 0 aromatic heterocycles. The van der Waals surface area contributed by atoms with Crippen molar-refractivity contribution in [2.24, 2.45) is 5.92 Å². The summed E-state index contributed by atoms with van der Waals surface area (Å²) < 4.78 is 0. The minimum atomic E-state index is -0.250. The highest BCUT2D eigenvalue weighted by Crippen LogP contribution is 2.19. The second kappa shape index (κ2) is 11.6. The van der Waals surface area contributed by atoms with Crippen LogP contribution in [0.2, 0.25) is 5.02 Å². The first kappa shape index (κ1) is 23.0. The third-order valence-corrected chi connectivity index (χ3v) is 5.42. The van der Waals surface area contributed by atoms with Crippen molar-refractivity contribution < 1.29 is 19.5 Å².